The third-order valence-electron chi connectivity index (χ3n) is 1.79. The van der Waals surface area contributed by atoms with Crippen LogP contribution in [-0.4, -0.2) is 25.7 Å². The Kier molecular flexibility index (Phi) is 4.34. The highest BCUT2D eigenvalue weighted by Gasteiger charge is 2.04. The summed E-state index contributed by atoms with van der Waals surface area (Å²) in [5.41, 5.74) is 0.516. The van der Waals surface area contributed by atoms with Crippen LogP contribution in [0.1, 0.15) is 17.3 Å². The van der Waals surface area contributed by atoms with Gasteiger partial charge in [0.25, 0.3) is 0 Å². The quantitative estimate of drug-likeness (QED) is 0.432. The first-order chi connectivity index (χ1) is 7.24. The van der Waals surface area contributed by atoms with Crippen molar-refractivity contribution in [2.45, 2.75) is 6.92 Å². The van der Waals surface area contributed by atoms with Gasteiger partial charge in [-0.15, -0.1) is 0 Å². The fourth-order valence-corrected chi connectivity index (χ4v) is 0.904. The fraction of sp³-hybridized carbons (Fsp3) is 0.273. The summed E-state index contributed by atoms with van der Waals surface area (Å²) in [6.45, 7) is 1.67. The maximum atomic E-state index is 11.4. The molecule has 0 aliphatic heterocycles. The minimum atomic E-state index is -0.386. The van der Waals surface area contributed by atoms with Crippen LogP contribution < -0.4 is 0 Å². The van der Waals surface area contributed by atoms with Gasteiger partial charge in [0.1, 0.15) is 0 Å². The van der Waals surface area contributed by atoms with Crippen molar-refractivity contribution in [2.24, 2.45) is 4.99 Å². The van der Waals surface area contributed by atoms with Crippen molar-refractivity contribution in [3.8, 4) is 0 Å². The van der Waals surface area contributed by atoms with Crippen molar-refractivity contribution in [3.63, 3.8) is 0 Å². The topological polar surface area (TPSA) is 47.9 Å². The minimum Gasteiger partial charge on any atom is -0.484 e. The third kappa shape index (κ3) is 3.81. The average molecular weight is 207 g/mol. The van der Waals surface area contributed by atoms with Crippen molar-refractivity contribution >= 4 is 11.9 Å². The van der Waals surface area contributed by atoms with E-state index in [4.69, 9.17) is 9.47 Å². The summed E-state index contributed by atoms with van der Waals surface area (Å²) in [5.74, 6) is 0.0964. The van der Waals surface area contributed by atoms with Crippen LogP contribution >= 0.6 is 0 Å². The Morgan fingerprint density at radius 2 is 2.00 bits per heavy atom. The molecule has 1 aromatic carbocycles. The first-order valence-electron chi connectivity index (χ1n) is 4.51. The molecule has 80 valence electrons. The van der Waals surface area contributed by atoms with Gasteiger partial charge in [0.15, 0.2) is 12.6 Å². The molecular formula is C11H13NO3. The number of methoxy groups -OCH3 is 1. The van der Waals surface area contributed by atoms with E-state index in [1.807, 2.05) is 6.07 Å². The van der Waals surface area contributed by atoms with E-state index in [1.54, 1.807) is 31.2 Å². The molecule has 0 unspecified atom stereocenters. The van der Waals surface area contributed by atoms with Crippen molar-refractivity contribution in [3.05, 3.63) is 35.9 Å². The normalized spacial score (nSPS) is 10.9. The van der Waals surface area contributed by atoms with Crippen LogP contribution in [0.2, 0.25) is 0 Å². The number of hydrogen-bond acceptors (Lipinski definition) is 4. The van der Waals surface area contributed by atoms with Gasteiger partial charge in [-0.25, -0.2) is 9.79 Å². The Labute approximate surface area is 88.5 Å². The third-order valence-corrected chi connectivity index (χ3v) is 1.79. The van der Waals surface area contributed by atoms with E-state index in [0.29, 0.717) is 11.5 Å². The lowest BCUT2D eigenvalue weighted by molar-refractivity contribution is 0.0515. The zero-order chi connectivity index (χ0) is 11.1. The molecule has 0 aliphatic carbocycles. The number of carbonyl (C=O) groups is 1. The SMILES string of the molecule is CO/C(C)=N/COC(=O)c1ccccc1. The number of aliphatic imine (C=N–C) groups is 1. The molecule has 4 nitrogen and oxygen atoms in total. The lowest BCUT2D eigenvalue weighted by atomic mass is 10.2. The molecular weight excluding hydrogens is 194 g/mol. The standard InChI is InChI=1S/C11H13NO3/c1-9(14-2)12-8-15-11(13)10-6-4-3-5-7-10/h3-7H,8H2,1-2H3/b12-9+. The monoisotopic (exact) mass is 207 g/mol. The summed E-state index contributed by atoms with van der Waals surface area (Å²) in [6.07, 6.45) is 0. The second kappa shape index (κ2) is 5.80. The van der Waals surface area contributed by atoms with Crippen LogP contribution in [0, 0.1) is 0 Å². The second-order valence-corrected chi connectivity index (χ2v) is 2.81. The molecule has 0 saturated heterocycles. The van der Waals surface area contributed by atoms with Crippen molar-refractivity contribution in [1.29, 1.82) is 0 Å². The molecule has 0 N–H and O–H groups in total. The van der Waals surface area contributed by atoms with Gasteiger partial charge >= 0.3 is 5.97 Å². The van der Waals surface area contributed by atoms with Gasteiger partial charge < -0.3 is 9.47 Å². The molecule has 4 heteroatoms. The van der Waals surface area contributed by atoms with E-state index in [0.717, 1.165) is 0 Å². The Balaban J connectivity index is 2.44. The molecule has 0 radical (unpaired) electrons. The first kappa shape index (κ1) is 11.2. The van der Waals surface area contributed by atoms with E-state index in [9.17, 15) is 4.79 Å². The predicted octanol–water partition coefficient (Wildman–Crippen LogP) is 1.87. The summed E-state index contributed by atoms with van der Waals surface area (Å²) in [7, 11) is 1.51. The molecule has 1 rings (SSSR count). The number of rotatable bonds is 3. The summed E-state index contributed by atoms with van der Waals surface area (Å²) < 4.78 is 9.69. The summed E-state index contributed by atoms with van der Waals surface area (Å²) >= 11 is 0. The molecule has 0 atom stereocenters. The number of ether oxygens (including phenoxy) is 2. The van der Waals surface area contributed by atoms with Gasteiger partial charge in [-0.05, 0) is 12.1 Å². The lowest BCUT2D eigenvalue weighted by Gasteiger charge is -2.02. The van der Waals surface area contributed by atoms with Crippen LogP contribution in [0.5, 0.6) is 0 Å². The first-order valence-corrected chi connectivity index (χ1v) is 4.51. The van der Waals surface area contributed by atoms with Crippen LogP contribution in [0.15, 0.2) is 35.3 Å². The van der Waals surface area contributed by atoms with Gasteiger partial charge in [-0.2, -0.15) is 0 Å². The van der Waals surface area contributed by atoms with Crippen LogP contribution in [0.4, 0.5) is 0 Å². The predicted molar refractivity (Wildman–Crippen MR) is 56.8 cm³/mol. The maximum absolute atomic E-state index is 11.4. The zero-order valence-corrected chi connectivity index (χ0v) is 8.77. The van der Waals surface area contributed by atoms with Crippen LogP contribution in [-0.2, 0) is 9.47 Å². The Morgan fingerprint density at radius 1 is 1.33 bits per heavy atom. The highest BCUT2D eigenvalue weighted by atomic mass is 16.5. The molecule has 0 fully saturated rings. The Morgan fingerprint density at radius 3 is 2.60 bits per heavy atom. The van der Waals surface area contributed by atoms with E-state index in [-0.39, 0.29) is 12.7 Å². The number of benzene rings is 1. The van der Waals surface area contributed by atoms with Crippen LogP contribution in [0.25, 0.3) is 0 Å². The summed E-state index contributed by atoms with van der Waals surface area (Å²) in [6, 6.07) is 8.77. The number of carbonyl (C=O) groups excluding carboxylic acids is 1. The Hall–Kier alpha value is -1.84. The van der Waals surface area contributed by atoms with Crippen molar-refractivity contribution < 1.29 is 14.3 Å². The van der Waals surface area contributed by atoms with Gasteiger partial charge in [0.2, 0.25) is 0 Å². The zero-order valence-electron chi connectivity index (χ0n) is 8.77. The molecule has 0 spiro atoms. The minimum absolute atomic E-state index is 0.0204. The number of nitrogens with zero attached hydrogens (tertiary/aromatic N) is 1. The van der Waals surface area contributed by atoms with E-state index >= 15 is 0 Å². The highest BCUT2D eigenvalue weighted by molar-refractivity contribution is 5.89. The molecule has 15 heavy (non-hydrogen) atoms. The molecule has 0 amide bonds. The van der Waals surface area contributed by atoms with Gasteiger partial charge in [0.05, 0.1) is 12.7 Å². The van der Waals surface area contributed by atoms with E-state index in [2.05, 4.69) is 4.99 Å². The molecule has 0 heterocycles. The van der Waals surface area contributed by atoms with Crippen molar-refractivity contribution in [1.82, 2.24) is 0 Å². The van der Waals surface area contributed by atoms with E-state index in [1.165, 1.54) is 7.11 Å². The lowest BCUT2D eigenvalue weighted by Crippen LogP contribution is -2.06. The fourth-order valence-electron chi connectivity index (χ4n) is 0.904. The molecule has 1 aromatic rings. The number of hydrogen-bond donors (Lipinski definition) is 0. The van der Waals surface area contributed by atoms with Gasteiger partial charge in [-0.1, -0.05) is 18.2 Å². The second-order valence-electron chi connectivity index (χ2n) is 2.81. The summed E-state index contributed by atoms with van der Waals surface area (Å²) in [4.78, 5) is 15.2. The van der Waals surface area contributed by atoms with Gasteiger partial charge in [-0.3, -0.25) is 0 Å². The largest absolute Gasteiger partial charge is 0.484 e. The highest BCUT2D eigenvalue weighted by Crippen LogP contribution is 2.00. The Bertz CT molecular complexity index is 346. The molecule has 0 bridgehead atoms. The smallest absolute Gasteiger partial charge is 0.339 e. The maximum Gasteiger partial charge on any atom is 0.339 e. The molecule has 0 aliphatic rings. The molecule has 0 aromatic heterocycles. The van der Waals surface area contributed by atoms with E-state index < -0.39 is 0 Å². The van der Waals surface area contributed by atoms with Crippen molar-refractivity contribution in [2.75, 3.05) is 13.8 Å². The average Bonchev–Trinajstić information content (AvgIpc) is 2.29. The van der Waals surface area contributed by atoms with Crippen LogP contribution in [0.3, 0.4) is 0 Å². The molecule has 0 saturated carbocycles. The van der Waals surface area contributed by atoms with Gasteiger partial charge in [0, 0.05) is 6.92 Å². The number of esters is 1. The summed E-state index contributed by atoms with van der Waals surface area (Å²) in [5, 5.41) is 0.